The Morgan fingerprint density at radius 3 is 2.41 bits per heavy atom. The van der Waals surface area contributed by atoms with Gasteiger partial charge in [-0.25, -0.2) is 4.79 Å². The Labute approximate surface area is 231 Å². The molecule has 4 rings (SSSR count). The Morgan fingerprint density at radius 2 is 1.69 bits per heavy atom. The number of ether oxygens (including phenoxy) is 4. The molecule has 1 aliphatic rings. The minimum absolute atomic E-state index is 0.0866. The number of methoxy groups -OCH3 is 2. The van der Waals surface area contributed by atoms with Gasteiger partial charge in [0.1, 0.15) is 17.6 Å². The predicted octanol–water partition coefficient (Wildman–Crippen LogP) is 7.25. The van der Waals surface area contributed by atoms with Gasteiger partial charge in [0.2, 0.25) is 0 Å². The van der Waals surface area contributed by atoms with Gasteiger partial charge >= 0.3 is 6.09 Å². The fraction of sp³-hybridized carbons (Fsp3) is 0.484. The first-order valence-corrected chi connectivity index (χ1v) is 13.9. The van der Waals surface area contributed by atoms with Crippen LogP contribution in [0.15, 0.2) is 36.5 Å². The topological polar surface area (TPSA) is 82.2 Å². The SMILES string of the molecule is CCCC(CCN1CCCCC1)OC(=O)Nc1ccc(Oc2ccnc3cc(OC)c(OC)cc23)c(C)c1C. The minimum atomic E-state index is -0.413. The molecule has 210 valence electrons. The molecule has 1 unspecified atom stereocenters. The fourth-order valence-corrected chi connectivity index (χ4v) is 5.08. The highest BCUT2D eigenvalue weighted by Crippen LogP contribution is 2.38. The largest absolute Gasteiger partial charge is 0.493 e. The first kappa shape index (κ1) is 28.5. The molecule has 3 aromatic rings. The Balaban J connectivity index is 1.44. The van der Waals surface area contributed by atoms with Gasteiger partial charge in [-0.3, -0.25) is 10.3 Å². The molecule has 1 atom stereocenters. The van der Waals surface area contributed by atoms with E-state index in [1.54, 1.807) is 20.4 Å². The molecule has 1 aromatic heterocycles. The van der Waals surface area contributed by atoms with Crippen molar-refractivity contribution in [3.63, 3.8) is 0 Å². The summed E-state index contributed by atoms with van der Waals surface area (Å²) in [6.07, 6.45) is 7.75. The highest BCUT2D eigenvalue weighted by atomic mass is 16.6. The molecule has 2 heterocycles. The van der Waals surface area contributed by atoms with Gasteiger partial charge in [-0.1, -0.05) is 19.8 Å². The van der Waals surface area contributed by atoms with Crippen LogP contribution >= 0.6 is 0 Å². The van der Waals surface area contributed by atoms with Crippen molar-refractivity contribution in [2.75, 3.05) is 39.2 Å². The summed E-state index contributed by atoms with van der Waals surface area (Å²) in [5.74, 6) is 2.56. The summed E-state index contributed by atoms with van der Waals surface area (Å²) in [7, 11) is 3.20. The van der Waals surface area contributed by atoms with Crippen molar-refractivity contribution in [1.82, 2.24) is 9.88 Å². The number of fused-ring (bicyclic) bond motifs is 1. The highest BCUT2D eigenvalue weighted by molar-refractivity contribution is 5.89. The van der Waals surface area contributed by atoms with Crippen LogP contribution in [0, 0.1) is 13.8 Å². The van der Waals surface area contributed by atoms with E-state index >= 15 is 0 Å². The molecular weight excluding hydrogens is 494 g/mol. The minimum Gasteiger partial charge on any atom is -0.493 e. The number of likely N-dealkylation sites (tertiary alicyclic amines) is 1. The average molecular weight is 536 g/mol. The van der Waals surface area contributed by atoms with Crippen LogP contribution in [0.5, 0.6) is 23.0 Å². The summed E-state index contributed by atoms with van der Waals surface area (Å²) in [5.41, 5.74) is 3.29. The Bertz CT molecular complexity index is 1270. The van der Waals surface area contributed by atoms with E-state index in [1.807, 2.05) is 44.2 Å². The number of carbonyl (C=O) groups is 1. The van der Waals surface area contributed by atoms with Crippen molar-refractivity contribution in [1.29, 1.82) is 0 Å². The van der Waals surface area contributed by atoms with E-state index in [4.69, 9.17) is 18.9 Å². The number of hydrogen-bond donors (Lipinski definition) is 1. The number of rotatable bonds is 11. The zero-order valence-electron chi connectivity index (χ0n) is 23.8. The number of anilines is 1. The maximum atomic E-state index is 12.8. The number of carbonyl (C=O) groups excluding carboxylic acids is 1. The second-order valence-electron chi connectivity index (χ2n) is 10.1. The Kier molecular flexibility index (Phi) is 9.87. The lowest BCUT2D eigenvalue weighted by Crippen LogP contribution is -2.33. The van der Waals surface area contributed by atoms with E-state index in [0.29, 0.717) is 28.7 Å². The van der Waals surface area contributed by atoms with Crippen LogP contribution in [0.4, 0.5) is 10.5 Å². The summed E-state index contributed by atoms with van der Waals surface area (Å²) in [6, 6.07) is 9.24. The predicted molar refractivity (Wildman–Crippen MR) is 155 cm³/mol. The van der Waals surface area contributed by atoms with Gasteiger partial charge in [0.25, 0.3) is 0 Å². The number of benzene rings is 2. The van der Waals surface area contributed by atoms with Crippen molar-refractivity contribution in [2.45, 2.75) is 65.4 Å². The van der Waals surface area contributed by atoms with Gasteiger partial charge in [-0.05, 0) is 88.0 Å². The van der Waals surface area contributed by atoms with Gasteiger partial charge in [-0.2, -0.15) is 0 Å². The lowest BCUT2D eigenvalue weighted by Gasteiger charge is -2.28. The number of nitrogens with zero attached hydrogens (tertiary/aromatic N) is 2. The van der Waals surface area contributed by atoms with Gasteiger partial charge < -0.3 is 23.8 Å². The summed E-state index contributed by atoms with van der Waals surface area (Å²) < 4.78 is 23.1. The van der Waals surface area contributed by atoms with E-state index in [2.05, 4.69) is 22.1 Å². The third kappa shape index (κ3) is 7.12. The van der Waals surface area contributed by atoms with Crippen molar-refractivity contribution in [2.24, 2.45) is 0 Å². The third-order valence-corrected chi connectivity index (χ3v) is 7.50. The van der Waals surface area contributed by atoms with Crippen molar-refractivity contribution in [3.05, 3.63) is 47.7 Å². The number of nitrogens with one attached hydrogen (secondary N) is 1. The Hall–Kier alpha value is -3.52. The average Bonchev–Trinajstić information content (AvgIpc) is 2.95. The molecular formula is C31H41N3O5. The smallest absolute Gasteiger partial charge is 0.411 e. The molecule has 8 nitrogen and oxygen atoms in total. The molecule has 0 aliphatic carbocycles. The highest BCUT2D eigenvalue weighted by Gasteiger charge is 2.19. The van der Waals surface area contributed by atoms with Crippen LogP contribution in [-0.2, 0) is 4.74 Å². The van der Waals surface area contributed by atoms with E-state index < -0.39 is 6.09 Å². The van der Waals surface area contributed by atoms with E-state index in [-0.39, 0.29) is 6.10 Å². The molecule has 0 bridgehead atoms. The molecule has 39 heavy (non-hydrogen) atoms. The van der Waals surface area contributed by atoms with Gasteiger partial charge in [0.15, 0.2) is 11.5 Å². The van der Waals surface area contributed by atoms with Crippen LogP contribution in [0.3, 0.4) is 0 Å². The second-order valence-corrected chi connectivity index (χ2v) is 10.1. The van der Waals surface area contributed by atoms with Gasteiger partial charge in [-0.15, -0.1) is 0 Å². The maximum Gasteiger partial charge on any atom is 0.411 e. The quantitative estimate of drug-likeness (QED) is 0.277. The van der Waals surface area contributed by atoms with Crippen molar-refractivity contribution >= 4 is 22.7 Å². The molecule has 8 heteroatoms. The standard InChI is InChI=1S/C31H41N3O5/c1-6-10-23(14-18-34-16-8-7-9-17-34)38-31(35)33-25-11-12-27(22(3)21(25)2)39-28-13-15-32-26-20-30(37-5)29(36-4)19-24(26)28/h11-13,15,19-20,23H,6-10,14,16-18H2,1-5H3,(H,33,35). The van der Waals surface area contributed by atoms with Crippen molar-refractivity contribution < 1.29 is 23.7 Å². The zero-order valence-corrected chi connectivity index (χ0v) is 23.8. The van der Waals surface area contributed by atoms with Crippen molar-refractivity contribution in [3.8, 4) is 23.0 Å². The lowest BCUT2D eigenvalue weighted by molar-refractivity contribution is 0.0873. The molecule has 2 aromatic carbocycles. The van der Waals surface area contributed by atoms with Crippen LogP contribution in [0.1, 0.15) is 56.6 Å². The lowest BCUT2D eigenvalue weighted by atomic mass is 10.1. The number of hydrogen-bond acceptors (Lipinski definition) is 7. The number of aromatic nitrogens is 1. The molecule has 0 spiro atoms. The van der Waals surface area contributed by atoms with Crippen LogP contribution in [0.2, 0.25) is 0 Å². The monoisotopic (exact) mass is 535 g/mol. The van der Waals surface area contributed by atoms with E-state index in [1.165, 1.54) is 19.3 Å². The summed E-state index contributed by atoms with van der Waals surface area (Å²) >= 11 is 0. The molecule has 1 fully saturated rings. The van der Waals surface area contributed by atoms with E-state index in [9.17, 15) is 4.79 Å². The second kappa shape index (κ2) is 13.5. The van der Waals surface area contributed by atoms with Crippen LogP contribution < -0.4 is 19.5 Å². The van der Waals surface area contributed by atoms with Crippen LogP contribution in [-0.4, -0.2) is 55.9 Å². The third-order valence-electron chi connectivity index (χ3n) is 7.50. The Morgan fingerprint density at radius 1 is 0.949 bits per heavy atom. The van der Waals surface area contributed by atoms with Gasteiger partial charge in [0.05, 0.1) is 19.7 Å². The first-order valence-electron chi connectivity index (χ1n) is 13.9. The molecule has 1 N–H and O–H groups in total. The summed E-state index contributed by atoms with van der Waals surface area (Å²) in [6.45, 7) is 9.34. The fourth-order valence-electron chi connectivity index (χ4n) is 5.08. The normalized spacial score (nSPS) is 14.6. The molecule has 1 amide bonds. The summed E-state index contributed by atoms with van der Waals surface area (Å²) in [5, 5.41) is 3.77. The molecule has 0 radical (unpaired) electrons. The number of piperidine rings is 1. The first-order chi connectivity index (χ1) is 18.9. The molecule has 0 saturated carbocycles. The summed E-state index contributed by atoms with van der Waals surface area (Å²) in [4.78, 5) is 19.8. The number of pyridine rings is 1. The zero-order chi connectivity index (χ0) is 27.8. The molecule has 1 aliphatic heterocycles. The maximum absolute atomic E-state index is 12.8. The van der Waals surface area contributed by atoms with Gasteiger partial charge in [0, 0.05) is 29.9 Å². The van der Waals surface area contributed by atoms with E-state index in [0.717, 1.165) is 60.9 Å². The number of amides is 1. The molecule has 1 saturated heterocycles. The van der Waals surface area contributed by atoms with Crippen LogP contribution in [0.25, 0.3) is 10.9 Å².